The van der Waals surface area contributed by atoms with Gasteiger partial charge in [-0.3, -0.25) is 0 Å². The molecule has 0 aromatic heterocycles. The molecule has 0 nitrogen and oxygen atoms in total. The normalized spacial score (nSPS) is 14.0. The first-order valence-corrected chi connectivity index (χ1v) is 15.2. The summed E-state index contributed by atoms with van der Waals surface area (Å²) in [7, 11) is -0.709. The van der Waals surface area contributed by atoms with E-state index in [4.69, 9.17) is 0 Å². The molecule has 0 spiro atoms. The summed E-state index contributed by atoms with van der Waals surface area (Å²) in [6.07, 6.45) is 0. The Morgan fingerprint density at radius 2 is 1.33 bits per heavy atom. The van der Waals surface area contributed by atoms with Crippen molar-refractivity contribution in [3.63, 3.8) is 0 Å². The molecule has 0 amide bonds. The predicted octanol–water partition coefficient (Wildman–Crippen LogP) is 3.20. The SMILES string of the molecule is C[Si](C)(C)[CH2][Ge]([CH3])([CH3])[CH3]. The molecule has 0 aliphatic carbocycles. The quantitative estimate of drug-likeness (QED) is 0.607. The average molecular weight is 205 g/mol. The summed E-state index contributed by atoms with van der Waals surface area (Å²) in [5, 5.41) is 0. The van der Waals surface area contributed by atoms with E-state index in [0.717, 1.165) is 0 Å². The Kier molecular flexibility index (Phi) is 3.02. The van der Waals surface area contributed by atoms with Crippen molar-refractivity contribution in [1.29, 1.82) is 0 Å². The van der Waals surface area contributed by atoms with E-state index in [1.54, 1.807) is 4.88 Å². The maximum atomic E-state index is 2.51. The third-order valence-electron chi connectivity index (χ3n) is 1.06. The third kappa shape index (κ3) is 8.76. The van der Waals surface area contributed by atoms with E-state index < -0.39 is 21.3 Å². The van der Waals surface area contributed by atoms with E-state index in [0.29, 0.717) is 0 Å². The summed E-state index contributed by atoms with van der Waals surface area (Å²) in [5.41, 5.74) is 0. The third-order valence-corrected chi connectivity index (χ3v) is 16.5. The summed E-state index contributed by atoms with van der Waals surface area (Å²) >= 11 is -1.18. The van der Waals surface area contributed by atoms with Crippen molar-refractivity contribution in [3.05, 3.63) is 0 Å². The molecule has 0 saturated carbocycles. The number of rotatable bonds is 2. The number of hydrogen-bond donors (Lipinski definition) is 0. The Labute approximate surface area is 63.4 Å². The van der Waals surface area contributed by atoms with Gasteiger partial charge in [0.1, 0.15) is 0 Å². The molecule has 0 aromatic rings. The molecular formula is C7H20GeSi. The first-order chi connectivity index (χ1) is 3.71. The first kappa shape index (κ1) is 9.76. The van der Waals surface area contributed by atoms with Gasteiger partial charge in [-0.1, -0.05) is 0 Å². The van der Waals surface area contributed by atoms with E-state index in [1.807, 2.05) is 0 Å². The van der Waals surface area contributed by atoms with Crippen LogP contribution in [0.5, 0.6) is 0 Å². The molecule has 0 bridgehead atoms. The summed E-state index contributed by atoms with van der Waals surface area (Å²) in [4.78, 5) is 1.62. The topological polar surface area (TPSA) is 0 Å². The molecule has 0 N–H and O–H groups in total. The Morgan fingerprint density at radius 3 is 1.33 bits per heavy atom. The van der Waals surface area contributed by atoms with Crippen molar-refractivity contribution in [2.24, 2.45) is 0 Å². The Morgan fingerprint density at radius 1 is 1.00 bits per heavy atom. The summed E-state index contributed by atoms with van der Waals surface area (Å²) in [5.74, 6) is 7.54. The second-order valence-electron chi connectivity index (χ2n) is 5.30. The molecule has 0 heterocycles. The molecule has 0 saturated heterocycles. The fraction of sp³-hybridized carbons (Fsp3) is 1.00. The zero-order valence-electron chi connectivity index (χ0n) is 7.71. The van der Waals surface area contributed by atoms with Gasteiger partial charge < -0.3 is 0 Å². The minimum absolute atomic E-state index is 0.709. The van der Waals surface area contributed by atoms with Gasteiger partial charge in [-0.15, -0.1) is 0 Å². The van der Waals surface area contributed by atoms with Crippen molar-refractivity contribution < 1.29 is 0 Å². The molecule has 2 heteroatoms. The van der Waals surface area contributed by atoms with Crippen LogP contribution < -0.4 is 0 Å². The molecule has 0 aromatic carbocycles. The molecule has 0 unspecified atom stereocenters. The predicted molar refractivity (Wildman–Crippen MR) is 51.5 cm³/mol. The van der Waals surface area contributed by atoms with Gasteiger partial charge >= 0.3 is 63.1 Å². The van der Waals surface area contributed by atoms with E-state index in [2.05, 4.69) is 36.9 Å². The van der Waals surface area contributed by atoms with Gasteiger partial charge in [0.05, 0.1) is 0 Å². The Hall–Kier alpha value is 0.760. The molecular weight excluding hydrogens is 185 g/mol. The molecule has 0 atom stereocenters. The van der Waals surface area contributed by atoms with E-state index in [1.165, 1.54) is 0 Å². The molecule has 56 valence electrons. The van der Waals surface area contributed by atoms with Crippen LogP contribution in [0.1, 0.15) is 0 Å². The van der Waals surface area contributed by atoms with Crippen LogP contribution in [0.15, 0.2) is 0 Å². The molecule has 9 heavy (non-hydrogen) atoms. The number of hydrogen-bond acceptors (Lipinski definition) is 0. The fourth-order valence-corrected chi connectivity index (χ4v) is 24.8. The van der Waals surface area contributed by atoms with Crippen LogP contribution in [0, 0.1) is 0 Å². The van der Waals surface area contributed by atoms with Gasteiger partial charge in [0, 0.05) is 0 Å². The van der Waals surface area contributed by atoms with Gasteiger partial charge in [-0.05, 0) is 0 Å². The van der Waals surface area contributed by atoms with Gasteiger partial charge in [0.15, 0.2) is 0 Å². The van der Waals surface area contributed by atoms with Crippen LogP contribution in [0.3, 0.4) is 0 Å². The van der Waals surface area contributed by atoms with Crippen molar-refractivity contribution in [2.75, 3.05) is 0 Å². The average Bonchev–Trinajstić information content (AvgIpc) is 1.14. The first-order valence-electron chi connectivity index (χ1n) is 3.71. The van der Waals surface area contributed by atoms with Crippen LogP contribution in [-0.2, 0) is 0 Å². The van der Waals surface area contributed by atoms with Crippen LogP contribution in [0.2, 0.25) is 41.8 Å². The molecule has 0 aliphatic rings. The maximum absolute atomic E-state index is 2.51. The van der Waals surface area contributed by atoms with Gasteiger partial charge in [-0.2, -0.15) is 0 Å². The molecule has 0 aliphatic heterocycles. The van der Waals surface area contributed by atoms with Crippen LogP contribution >= 0.6 is 0 Å². The van der Waals surface area contributed by atoms with Crippen molar-refractivity contribution in [1.82, 2.24) is 0 Å². The van der Waals surface area contributed by atoms with E-state index in [-0.39, 0.29) is 0 Å². The standard InChI is InChI=1S/C7H20GeSi/c1-8(2,3)7-9(4,5)6/h7H2,1-6H3. The minimum atomic E-state index is -1.18. The zero-order chi connectivity index (χ0) is 7.71. The van der Waals surface area contributed by atoms with Crippen molar-refractivity contribution in [2.45, 2.75) is 41.8 Å². The van der Waals surface area contributed by atoms with Gasteiger partial charge in [0.2, 0.25) is 0 Å². The summed E-state index contributed by atoms with van der Waals surface area (Å²) < 4.78 is 0. The molecule has 0 fully saturated rings. The fourth-order valence-electron chi connectivity index (χ4n) is 1.59. The van der Waals surface area contributed by atoms with Crippen molar-refractivity contribution >= 4 is 21.3 Å². The van der Waals surface area contributed by atoms with Crippen LogP contribution in [-0.4, -0.2) is 21.3 Å². The molecule has 0 rings (SSSR count). The van der Waals surface area contributed by atoms with Gasteiger partial charge in [-0.25, -0.2) is 0 Å². The van der Waals surface area contributed by atoms with E-state index >= 15 is 0 Å². The second-order valence-corrected chi connectivity index (χ2v) is 23.7. The Bertz CT molecular complexity index is 74.1. The van der Waals surface area contributed by atoms with Crippen LogP contribution in [0.4, 0.5) is 0 Å². The monoisotopic (exact) mass is 206 g/mol. The summed E-state index contributed by atoms with van der Waals surface area (Å²) in [6.45, 7) is 7.43. The summed E-state index contributed by atoms with van der Waals surface area (Å²) in [6, 6.07) is 0. The second kappa shape index (κ2) is 2.79. The van der Waals surface area contributed by atoms with Crippen LogP contribution in [0.25, 0.3) is 0 Å². The molecule has 0 radical (unpaired) electrons. The van der Waals surface area contributed by atoms with E-state index in [9.17, 15) is 0 Å². The Balaban J connectivity index is 3.75. The van der Waals surface area contributed by atoms with Gasteiger partial charge in [0.25, 0.3) is 0 Å². The zero-order valence-corrected chi connectivity index (χ0v) is 10.8. The van der Waals surface area contributed by atoms with Crippen molar-refractivity contribution in [3.8, 4) is 0 Å².